The van der Waals surface area contributed by atoms with Gasteiger partial charge in [-0.25, -0.2) is 0 Å². The van der Waals surface area contributed by atoms with Gasteiger partial charge in [-0.05, 0) is 23.1 Å². The van der Waals surface area contributed by atoms with Crippen molar-refractivity contribution in [3.05, 3.63) is 65.9 Å². The summed E-state index contributed by atoms with van der Waals surface area (Å²) in [7, 11) is 1.97. The molecule has 0 aliphatic rings. The number of nitrogens with one attached hydrogen (secondary N) is 1. The molecule has 0 spiro atoms. The van der Waals surface area contributed by atoms with Crippen LogP contribution < -0.4 is 5.32 Å². The summed E-state index contributed by atoms with van der Waals surface area (Å²) in [6.07, 6.45) is 1.92. The molecule has 3 rings (SSSR count). The number of para-hydroxylation sites is 2. The summed E-state index contributed by atoms with van der Waals surface area (Å²) in [6, 6.07) is 16.2. The molecular weight excluding hydrogens is 296 g/mol. The van der Waals surface area contributed by atoms with Crippen molar-refractivity contribution in [2.45, 2.75) is 26.2 Å². The third-order valence-corrected chi connectivity index (χ3v) is 4.37. The fraction of sp³-hybridized carbons (Fsp3) is 0.286. The Kier molecular flexibility index (Phi) is 4.18. The second-order valence-electron chi connectivity index (χ2n) is 7.24. The number of hydrogen-bond donors (Lipinski definition) is 1. The summed E-state index contributed by atoms with van der Waals surface area (Å²) in [5.74, 6) is 0.107. The first kappa shape index (κ1) is 16.3. The molecular formula is C21H24N2O. The second-order valence-corrected chi connectivity index (χ2v) is 7.24. The third-order valence-electron chi connectivity index (χ3n) is 4.37. The van der Waals surface area contributed by atoms with Crippen molar-refractivity contribution in [3.63, 3.8) is 0 Å². The monoisotopic (exact) mass is 320 g/mol. The number of Topliss-reactive ketones (excluding diaryl/α,β-unsaturated/α-hetero) is 1. The number of anilines is 1. The van der Waals surface area contributed by atoms with E-state index in [9.17, 15) is 4.79 Å². The molecule has 124 valence electrons. The third kappa shape index (κ3) is 3.07. The van der Waals surface area contributed by atoms with Crippen molar-refractivity contribution >= 4 is 22.4 Å². The van der Waals surface area contributed by atoms with Crippen LogP contribution in [0.3, 0.4) is 0 Å². The van der Waals surface area contributed by atoms with Gasteiger partial charge >= 0.3 is 0 Å². The van der Waals surface area contributed by atoms with Crippen LogP contribution in [0.2, 0.25) is 0 Å². The predicted octanol–water partition coefficient (Wildman–Crippen LogP) is 4.77. The molecule has 1 aromatic heterocycles. The number of ketones is 1. The Bertz CT molecular complexity index is 884. The van der Waals surface area contributed by atoms with Gasteiger partial charge in [0.1, 0.15) is 0 Å². The molecule has 0 radical (unpaired) electrons. The fourth-order valence-electron chi connectivity index (χ4n) is 3.13. The van der Waals surface area contributed by atoms with Gasteiger partial charge in [0.25, 0.3) is 0 Å². The average molecular weight is 320 g/mol. The van der Waals surface area contributed by atoms with Gasteiger partial charge in [0, 0.05) is 35.4 Å². The Balaban J connectivity index is 1.84. The maximum absolute atomic E-state index is 12.7. The van der Waals surface area contributed by atoms with Gasteiger partial charge in [-0.2, -0.15) is 0 Å². The standard InChI is InChI=1S/C21H24N2O/c1-21(2,3)17-10-6-7-11-18(17)22-13-20(24)16-14-23(4)19-12-8-5-9-15(16)19/h5-12,14,22H,13H2,1-4H3. The number of fused-ring (bicyclic) bond motifs is 1. The molecule has 0 saturated carbocycles. The van der Waals surface area contributed by atoms with Crippen LogP contribution in [0.25, 0.3) is 10.9 Å². The van der Waals surface area contributed by atoms with Gasteiger partial charge in [-0.15, -0.1) is 0 Å². The van der Waals surface area contributed by atoms with Crippen LogP contribution in [0.15, 0.2) is 54.7 Å². The van der Waals surface area contributed by atoms with Crippen LogP contribution >= 0.6 is 0 Å². The van der Waals surface area contributed by atoms with Crippen molar-refractivity contribution in [2.24, 2.45) is 7.05 Å². The van der Waals surface area contributed by atoms with E-state index in [-0.39, 0.29) is 11.2 Å². The first-order valence-corrected chi connectivity index (χ1v) is 8.28. The van der Waals surface area contributed by atoms with Crippen molar-refractivity contribution in [1.82, 2.24) is 4.57 Å². The molecule has 0 atom stereocenters. The number of aromatic nitrogens is 1. The molecule has 24 heavy (non-hydrogen) atoms. The van der Waals surface area contributed by atoms with Crippen molar-refractivity contribution in [1.29, 1.82) is 0 Å². The highest BCUT2D eigenvalue weighted by molar-refractivity contribution is 6.09. The Morgan fingerprint density at radius 1 is 1.04 bits per heavy atom. The van der Waals surface area contributed by atoms with Crippen molar-refractivity contribution < 1.29 is 4.79 Å². The van der Waals surface area contributed by atoms with Crippen LogP contribution in [0.4, 0.5) is 5.69 Å². The number of carbonyl (C=O) groups is 1. The Labute approximate surface area is 143 Å². The molecule has 0 amide bonds. The van der Waals surface area contributed by atoms with Crippen LogP contribution in [-0.2, 0) is 12.5 Å². The van der Waals surface area contributed by atoms with E-state index >= 15 is 0 Å². The van der Waals surface area contributed by atoms with E-state index in [1.165, 1.54) is 5.56 Å². The molecule has 1 heterocycles. The molecule has 0 fully saturated rings. The van der Waals surface area contributed by atoms with E-state index in [0.29, 0.717) is 6.54 Å². The number of aryl methyl sites for hydroxylation is 1. The van der Waals surface area contributed by atoms with Gasteiger partial charge in [0.15, 0.2) is 5.78 Å². The summed E-state index contributed by atoms with van der Waals surface area (Å²) in [5, 5.41) is 4.34. The van der Waals surface area contributed by atoms with Gasteiger partial charge in [0.05, 0.1) is 6.54 Å². The van der Waals surface area contributed by atoms with Gasteiger partial charge in [-0.1, -0.05) is 57.2 Å². The minimum Gasteiger partial charge on any atom is -0.377 e. The minimum absolute atomic E-state index is 0.0338. The molecule has 0 saturated heterocycles. The lowest BCUT2D eigenvalue weighted by Crippen LogP contribution is -2.19. The zero-order valence-corrected chi connectivity index (χ0v) is 14.8. The minimum atomic E-state index is 0.0338. The van der Waals surface area contributed by atoms with Crippen molar-refractivity contribution in [2.75, 3.05) is 11.9 Å². The highest BCUT2D eigenvalue weighted by Gasteiger charge is 2.18. The van der Waals surface area contributed by atoms with E-state index in [0.717, 1.165) is 22.2 Å². The van der Waals surface area contributed by atoms with Gasteiger partial charge < -0.3 is 9.88 Å². The zero-order chi connectivity index (χ0) is 17.3. The Morgan fingerprint density at radius 2 is 1.71 bits per heavy atom. The van der Waals surface area contributed by atoms with E-state index in [1.54, 1.807) is 0 Å². The van der Waals surface area contributed by atoms with Gasteiger partial charge in [-0.3, -0.25) is 4.79 Å². The van der Waals surface area contributed by atoms with E-state index < -0.39 is 0 Å². The molecule has 3 heteroatoms. The van der Waals surface area contributed by atoms with Crippen molar-refractivity contribution in [3.8, 4) is 0 Å². The second kappa shape index (κ2) is 6.16. The first-order valence-electron chi connectivity index (χ1n) is 8.28. The SMILES string of the molecule is Cn1cc(C(=O)CNc2ccccc2C(C)(C)C)c2ccccc21. The number of carbonyl (C=O) groups excluding carboxylic acids is 1. The van der Waals surface area contributed by atoms with Crippen LogP contribution in [0, 0.1) is 0 Å². The first-order chi connectivity index (χ1) is 11.4. The number of rotatable bonds is 4. The number of benzene rings is 2. The molecule has 0 aliphatic heterocycles. The normalized spacial score (nSPS) is 11.7. The van der Waals surface area contributed by atoms with E-state index in [1.807, 2.05) is 60.3 Å². The smallest absolute Gasteiger partial charge is 0.184 e. The van der Waals surface area contributed by atoms with Crippen LogP contribution in [0.1, 0.15) is 36.7 Å². The topological polar surface area (TPSA) is 34.0 Å². The van der Waals surface area contributed by atoms with E-state index in [2.05, 4.69) is 32.2 Å². The molecule has 2 aromatic carbocycles. The van der Waals surface area contributed by atoms with Crippen LogP contribution in [0.5, 0.6) is 0 Å². The Hall–Kier alpha value is -2.55. The summed E-state index contributed by atoms with van der Waals surface area (Å²) >= 11 is 0. The fourth-order valence-corrected chi connectivity index (χ4v) is 3.13. The molecule has 1 N–H and O–H groups in total. The van der Waals surface area contributed by atoms with E-state index in [4.69, 9.17) is 0 Å². The lowest BCUT2D eigenvalue weighted by Gasteiger charge is -2.23. The largest absolute Gasteiger partial charge is 0.377 e. The quantitative estimate of drug-likeness (QED) is 0.703. The van der Waals surface area contributed by atoms with Gasteiger partial charge in [0.2, 0.25) is 0 Å². The summed E-state index contributed by atoms with van der Waals surface area (Å²) in [5.41, 5.74) is 4.13. The zero-order valence-electron chi connectivity index (χ0n) is 14.8. The van der Waals surface area contributed by atoms with Crippen LogP contribution in [-0.4, -0.2) is 16.9 Å². The predicted molar refractivity (Wildman–Crippen MR) is 101 cm³/mol. The molecule has 3 aromatic rings. The Morgan fingerprint density at radius 3 is 2.46 bits per heavy atom. The molecule has 3 nitrogen and oxygen atoms in total. The highest BCUT2D eigenvalue weighted by Crippen LogP contribution is 2.29. The lowest BCUT2D eigenvalue weighted by molar-refractivity contribution is 0.101. The lowest BCUT2D eigenvalue weighted by atomic mass is 9.86. The average Bonchev–Trinajstić information content (AvgIpc) is 2.90. The number of hydrogen-bond acceptors (Lipinski definition) is 2. The molecule has 0 unspecified atom stereocenters. The maximum Gasteiger partial charge on any atom is 0.184 e. The molecule has 0 aliphatic carbocycles. The maximum atomic E-state index is 12.7. The summed E-state index contributed by atoms with van der Waals surface area (Å²) in [4.78, 5) is 12.7. The highest BCUT2D eigenvalue weighted by atomic mass is 16.1. The summed E-state index contributed by atoms with van der Waals surface area (Å²) < 4.78 is 2.01. The number of nitrogens with zero attached hydrogens (tertiary/aromatic N) is 1. The molecule has 0 bridgehead atoms. The summed E-state index contributed by atoms with van der Waals surface area (Å²) in [6.45, 7) is 6.83.